The Balaban J connectivity index is 1.82. The number of amides is 1. The van der Waals surface area contributed by atoms with Gasteiger partial charge in [-0.1, -0.05) is 12.1 Å². The topological polar surface area (TPSA) is 46.3 Å². The molecule has 4 heteroatoms. The standard InChI is InChI=1S/C15H16N2O2/c1-10-14(19-9-16-10)11-3-5-12(6-4-11)15(18)17(2)13-7-8-13/h3-6,9,13H,7-8H2,1-2H3. The van der Waals surface area contributed by atoms with E-state index >= 15 is 0 Å². The molecule has 0 saturated heterocycles. The molecule has 19 heavy (non-hydrogen) atoms. The van der Waals surface area contributed by atoms with Crippen molar-refractivity contribution in [3.63, 3.8) is 0 Å². The molecule has 0 radical (unpaired) electrons. The number of nitrogens with zero attached hydrogens (tertiary/aromatic N) is 2. The van der Waals surface area contributed by atoms with Crippen LogP contribution in [0.4, 0.5) is 0 Å². The molecule has 0 bridgehead atoms. The van der Waals surface area contributed by atoms with E-state index in [1.54, 1.807) is 0 Å². The third-order valence-corrected chi connectivity index (χ3v) is 3.55. The second kappa shape index (κ2) is 4.53. The summed E-state index contributed by atoms with van der Waals surface area (Å²) in [7, 11) is 1.87. The van der Waals surface area contributed by atoms with Crippen LogP contribution in [0.2, 0.25) is 0 Å². The Morgan fingerprint density at radius 1 is 1.32 bits per heavy atom. The maximum Gasteiger partial charge on any atom is 0.253 e. The molecule has 3 rings (SSSR count). The average molecular weight is 256 g/mol. The van der Waals surface area contributed by atoms with Crippen LogP contribution >= 0.6 is 0 Å². The molecule has 1 heterocycles. The largest absolute Gasteiger partial charge is 0.443 e. The van der Waals surface area contributed by atoms with E-state index in [4.69, 9.17) is 4.42 Å². The smallest absolute Gasteiger partial charge is 0.253 e. The SMILES string of the molecule is Cc1ncoc1-c1ccc(C(=O)N(C)C2CC2)cc1. The molecular weight excluding hydrogens is 240 g/mol. The van der Waals surface area contributed by atoms with Crippen LogP contribution in [0.3, 0.4) is 0 Å². The number of benzene rings is 1. The summed E-state index contributed by atoms with van der Waals surface area (Å²) in [5, 5.41) is 0. The molecule has 1 fully saturated rings. The highest BCUT2D eigenvalue weighted by atomic mass is 16.3. The summed E-state index contributed by atoms with van der Waals surface area (Å²) < 4.78 is 5.34. The van der Waals surface area contributed by atoms with Crippen LogP contribution in [-0.4, -0.2) is 28.9 Å². The van der Waals surface area contributed by atoms with Crippen molar-refractivity contribution in [3.05, 3.63) is 41.9 Å². The molecule has 1 saturated carbocycles. The van der Waals surface area contributed by atoms with Gasteiger partial charge >= 0.3 is 0 Å². The van der Waals surface area contributed by atoms with Crippen LogP contribution in [0.15, 0.2) is 35.1 Å². The predicted molar refractivity (Wildman–Crippen MR) is 71.8 cm³/mol. The zero-order chi connectivity index (χ0) is 13.4. The first-order chi connectivity index (χ1) is 9.16. The minimum absolute atomic E-state index is 0.0864. The van der Waals surface area contributed by atoms with Crippen LogP contribution in [0.1, 0.15) is 28.9 Å². The predicted octanol–water partition coefficient (Wildman–Crippen LogP) is 2.88. The Morgan fingerprint density at radius 2 is 2.00 bits per heavy atom. The van der Waals surface area contributed by atoms with Gasteiger partial charge in [0.15, 0.2) is 12.2 Å². The molecule has 0 aliphatic heterocycles. The molecule has 1 aromatic heterocycles. The Labute approximate surface area is 112 Å². The van der Waals surface area contributed by atoms with Gasteiger partial charge < -0.3 is 9.32 Å². The van der Waals surface area contributed by atoms with Crippen molar-refractivity contribution in [2.24, 2.45) is 0 Å². The summed E-state index contributed by atoms with van der Waals surface area (Å²) in [6, 6.07) is 7.93. The fourth-order valence-electron chi connectivity index (χ4n) is 2.17. The van der Waals surface area contributed by atoms with Crippen molar-refractivity contribution in [1.29, 1.82) is 0 Å². The van der Waals surface area contributed by atoms with Crippen LogP contribution in [0.25, 0.3) is 11.3 Å². The first kappa shape index (κ1) is 12.0. The second-order valence-electron chi connectivity index (χ2n) is 4.99. The van der Waals surface area contributed by atoms with Crippen molar-refractivity contribution in [3.8, 4) is 11.3 Å². The van der Waals surface area contributed by atoms with Crippen molar-refractivity contribution < 1.29 is 9.21 Å². The van der Waals surface area contributed by atoms with Gasteiger partial charge in [0.05, 0.1) is 5.69 Å². The summed E-state index contributed by atoms with van der Waals surface area (Å²) in [5.74, 6) is 0.845. The summed E-state index contributed by atoms with van der Waals surface area (Å²) >= 11 is 0. The number of hydrogen-bond donors (Lipinski definition) is 0. The normalized spacial score (nSPS) is 14.4. The number of carbonyl (C=O) groups is 1. The summed E-state index contributed by atoms with van der Waals surface area (Å²) in [6.45, 7) is 1.90. The third kappa shape index (κ3) is 2.26. The maximum absolute atomic E-state index is 12.2. The molecule has 1 aliphatic rings. The number of carbonyl (C=O) groups excluding carboxylic acids is 1. The molecular formula is C15H16N2O2. The van der Waals surface area contributed by atoms with E-state index in [9.17, 15) is 4.79 Å². The summed E-state index contributed by atoms with van der Waals surface area (Å²) in [4.78, 5) is 18.1. The van der Waals surface area contributed by atoms with Gasteiger partial charge in [-0.15, -0.1) is 0 Å². The van der Waals surface area contributed by atoms with Gasteiger partial charge in [0.25, 0.3) is 5.91 Å². The van der Waals surface area contributed by atoms with Crippen LogP contribution in [-0.2, 0) is 0 Å². The van der Waals surface area contributed by atoms with Gasteiger partial charge in [-0.3, -0.25) is 4.79 Å². The lowest BCUT2D eigenvalue weighted by Crippen LogP contribution is -2.28. The zero-order valence-electron chi connectivity index (χ0n) is 11.1. The Hall–Kier alpha value is -2.10. The highest BCUT2D eigenvalue weighted by Crippen LogP contribution is 2.27. The monoisotopic (exact) mass is 256 g/mol. The van der Waals surface area contributed by atoms with Crippen molar-refractivity contribution in [1.82, 2.24) is 9.88 Å². The lowest BCUT2D eigenvalue weighted by molar-refractivity contribution is 0.0785. The van der Waals surface area contributed by atoms with E-state index in [2.05, 4.69) is 4.98 Å². The molecule has 1 aliphatic carbocycles. The minimum Gasteiger partial charge on any atom is -0.443 e. The average Bonchev–Trinajstić information content (AvgIpc) is 3.20. The molecule has 0 unspecified atom stereocenters. The van der Waals surface area contributed by atoms with Gasteiger partial charge in [-0.25, -0.2) is 4.98 Å². The highest BCUT2D eigenvalue weighted by Gasteiger charge is 2.29. The lowest BCUT2D eigenvalue weighted by atomic mass is 10.1. The van der Waals surface area contributed by atoms with Crippen LogP contribution < -0.4 is 0 Å². The Morgan fingerprint density at radius 3 is 2.53 bits per heavy atom. The van der Waals surface area contributed by atoms with Gasteiger partial charge in [0.1, 0.15) is 0 Å². The summed E-state index contributed by atoms with van der Waals surface area (Å²) in [5.41, 5.74) is 2.52. The molecule has 0 N–H and O–H groups in total. The third-order valence-electron chi connectivity index (χ3n) is 3.55. The molecule has 0 spiro atoms. The first-order valence-corrected chi connectivity index (χ1v) is 6.44. The fraction of sp³-hybridized carbons (Fsp3) is 0.333. The van der Waals surface area contributed by atoms with Crippen molar-refractivity contribution in [2.75, 3.05) is 7.05 Å². The molecule has 0 atom stereocenters. The van der Waals surface area contributed by atoms with E-state index in [0.29, 0.717) is 6.04 Å². The number of rotatable bonds is 3. The minimum atomic E-state index is 0.0864. The van der Waals surface area contributed by atoms with Crippen LogP contribution in [0, 0.1) is 6.92 Å². The van der Waals surface area contributed by atoms with E-state index in [-0.39, 0.29) is 5.91 Å². The molecule has 2 aromatic rings. The van der Waals surface area contributed by atoms with Gasteiger partial charge in [0.2, 0.25) is 0 Å². The van der Waals surface area contributed by atoms with Gasteiger partial charge in [0, 0.05) is 24.2 Å². The van der Waals surface area contributed by atoms with E-state index in [1.165, 1.54) is 6.39 Å². The lowest BCUT2D eigenvalue weighted by Gasteiger charge is -2.16. The zero-order valence-corrected chi connectivity index (χ0v) is 11.1. The highest BCUT2D eigenvalue weighted by molar-refractivity contribution is 5.94. The number of hydrogen-bond acceptors (Lipinski definition) is 3. The number of aromatic nitrogens is 1. The Bertz CT molecular complexity index is 597. The number of aryl methyl sites for hydroxylation is 1. The molecule has 98 valence electrons. The molecule has 4 nitrogen and oxygen atoms in total. The van der Waals surface area contributed by atoms with E-state index in [0.717, 1.165) is 35.4 Å². The maximum atomic E-state index is 12.2. The van der Waals surface area contributed by atoms with Crippen molar-refractivity contribution in [2.45, 2.75) is 25.8 Å². The van der Waals surface area contributed by atoms with Crippen LogP contribution in [0.5, 0.6) is 0 Å². The van der Waals surface area contributed by atoms with Gasteiger partial charge in [-0.2, -0.15) is 0 Å². The molecule has 1 amide bonds. The molecule has 1 aromatic carbocycles. The quantitative estimate of drug-likeness (QED) is 0.848. The van der Waals surface area contributed by atoms with Crippen molar-refractivity contribution >= 4 is 5.91 Å². The van der Waals surface area contributed by atoms with E-state index < -0.39 is 0 Å². The van der Waals surface area contributed by atoms with Gasteiger partial charge in [-0.05, 0) is 31.9 Å². The summed E-state index contributed by atoms with van der Waals surface area (Å²) in [6.07, 6.45) is 3.68. The van der Waals surface area contributed by atoms with E-state index in [1.807, 2.05) is 43.1 Å². The first-order valence-electron chi connectivity index (χ1n) is 6.44. The number of oxazole rings is 1. The fourth-order valence-corrected chi connectivity index (χ4v) is 2.17. The Kier molecular flexibility index (Phi) is 2.85. The second-order valence-corrected chi connectivity index (χ2v) is 4.99.